The van der Waals surface area contributed by atoms with E-state index in [1.165, 1.54) is 0 Å². The van der Waals surface area contributed by atoms with E-state index in [1.807, 2.05) is 30.3 Å². The first-order valence-corrected chi connectivity index (χ1v) is 8.25. The van der Waals surface area contributed by atoms with E-state index in [-0.39, 0.29) is 23.5 Å². The lowest BCUT2D eigenvalue weighted by atomic mass is 9.64. The Hall–Kier alpha value is -2.63. The zero-order valence-corrected chi connectivity index (χ0v) is 13.2. The van der Waals surface area contributed by atoms with Crippen LogP contribution in [-0.2, 0) is 9.53 Å². The molecule has 1 atom stereocenters. The molecule has 124 valence electrons. The first-order chi connectivity index (χ1) is 11.6. The summed E-state index contributed by atoms with van der Waals surface area (Å²) in [4.78, 5) is 28.1. The lowest BCUT2D eigenvalue weighted by Gasteiger charge is -2.40. The predicted molar refractivity (Wildman–Crippen MR) is 89.5 cm³/mol. The summed E-state index contributed by atoms with van der Waals surface area (Å²) in [5.41, 5.74) is 0.777. The number of para-hydroxylation sites is 1. The van der Waals surface area contributed by atoms with Crippen LogP contribution in [0.25, 0.3) is 10.9 Å². The van der Waals surface area contributed by atoms with Gasteiger partial charge in [0.05, 0.1) is 18.5 Å². The highest BCUT2D eigenvalue weighted by Crippen LogP contribution is 2.51. The number of esters is 1. The van der Waals surface area contributed by atoms with Crippen LogP contribution in [0.3, 0.4) is 0 Å². The Balaban J connectivity index is 1.37. The number of hydrogen-bond acceptors (Lipinski definition) is 4. The van der Waals surface area contributed by atoms with Crippen LogP contribution in [-0.4, -0.2) is 29.6 Å². The zero-order chi connectivity index (χ0) is 16.6. The number of carbonyl (C=O) groups is 2. The molecule has 2 aromatic rings. The molecule has 2 fully saturated rings. The third-order valence-corrected chi connectivity index (χ3v) is 5.09. The summed E-state index contributed by atoms with van der Waals surface area (Å²) in [5, 5.41) is 6.55. The molecule has 6 heteroatoms. The van der Waals surface area contributed by atoms with Crippen LogP contribution in [0.15, 0.2) is 36.4 Å². The van der Waals surface area contributed by atoms with Crippen molar-refractivity contribution in [3.8, 4) is 0 Å². The fourth-order valence-corrected chi connectivity index (χ4v) is 3.60. The molecule has 2 aliphatic rings. The summed E-state index contributed by atoms with van der Waals surface area (Å²) in [6, 6.07) is 11.1. The number of benzene rings is 1. The summed E-state index contributed by atoms with van der Waals surface area (Å²) in [5.74, 6) is 0.339. The third kappa shape index (κ3) is 2.68. The van der Waals surface area contributed by atoms with Gasteiger partial charge in [-0.3, -0.25) is 10.1 Å². The van der Waals surface area contributed by atoms with Crippen molar-refractivity contribution in [3.63, 3.8) is 0 Å². The number of fused-ring (bicyclic) bond motifs is 1. The molecule has 2 heterocycles. The molecule has 1 spiro atoms. The van der Waals surface area contributed by atoms with Gasteiger partial charge < -0.3 is 10.1 Å². The number of amides is 2. The number of aromatic nitrogens is 1. The Kier molecular flexibility index (Phi) is 3.59. The van der Waals surface area contributed by atoms with E-state index in [0.717, 1.165) is 30.2 Å². The van der Waals surface area contributed by atoms with Crippen LogP contribution in [0.5, 0.6) is 0 Å². The fourth-order valence-electron chi connectivity index (χ4n) is 3.60. The second-order valence-corrected chi connectivity index (χ2v) is 6.60. The number of urea groups is 1. The van der Waals surface area contributed by atoms with Crippen molar-refractivity contribution in [2.75, 3.05) is 11.9 Å². The van der Waals surface area contributed by atoms with E-state index in [4.69, 9.17) is 4.74 Å². The van der Waals surface area contributed by atoms with Gasteiger partial charge in [-0.1, -0.05) is 24.6 Å². The first-order valence-electron chi connectivity index (χ1n) is 8.25. The van der Waals surface area contributed by atoms with Crippen LogP contribution < -0.4 is 10.6 Å². The number of hydrogen-bond donors (Lipinski definition) is 2. The largest absolute Gasteiger partial charge is 0.460 e. The molecule has 1 aliphatic carbocycles. The first kappa shape index (κ1) is 14.9. The van der Waals surface area contributed by atoms with Gasteiger partial charge >= 0.3 is 12.0 Å². The monoisotopic (exact) mass is 325 g/mol. The van der Waals surface area contributed by atoms with Crippen molar-refractivity contribution in [3.05, 3.63) is 36.4 Å². The van der Waals surface area contributed by atoms with Gasteiger partial charge in [-0.2, -0.15) is 0 Å². The average Bonchev–Trinajstić information content (AvgIpc) is 2.90. The number of cyclic esters (lactones) is 1. The molecular formula is C18H19N3O3. The minimum absolute atomic E-state index is 0.0500. The quantitative estimate of drug-likeness (QED) is 0.850. The Morgan fingerprint density at radius 1 is 1.25 bits per heavy atom. The SMILES string of the molecule is O=C(NCC1OC(=O)CC12CCC2)Nc1ccc2ccccc2n1. The summed E-state index contributed by atoms with van der Waals surface area (Å²) < 4.78 is 5.38. The highest BCUT2D eigenvalue weighted by molar-refractivity contribution is 5.90. The van der Waals surface area contributed by atoms with Crippen molar-refractivity contribution < 1.29 is 14.3 Å². The molecule has 6 nitrogen and oxygen atoms in total. The van der Waals surface area contributed by atoms with Gasteiger partial charge in [-0.05, 0) is 31.0 Å². The zero-order valence-electron chi connectivity index (χ0n) is 13.2. The van der Waals surface area contributed by atoms with Crippen LogP contribution in [0.1, 0.15) is 25.7 Å². The number of pyridine rings is 1. The third-order valence-electron chi connectivity index (χ3n) is 5.09. The van der Waals surface area contributed by atoms with Gasteiger partial charge in [-0.25, -0.2) is 9.78 Å². The summed E-state index contributed by atoms with van der Waals surface area (Å²) in [7, 11) is 0. The Labute approximate surface area is 139 Å². The molecule has 0 bridgehead atoms. The smallest absolute Gasteiger partial charge is 0.320 e. The molecule has 2 N–H and O–H groups in total. The topological polar surface area (TPSA) is 80.3 Å². The number of anilines is 1. The Morgan fingerprint density at radius 3 is 2.88 bits per heavy atom. The van der Waals surface area contributed by atoms with E-state index in [9.17, 15) is 9.59 Å². The highest BCUT2D eigenvalue weighted by atomic mass is 16.6. The van der Waals surface area contributed by atoms with Crippen LogP contribution in [0, 0.1) is 5.41 Å². The fraction of sp³-hybridized carbons (Fsp3) is 0.389. The van der Waals surface area contributed by atoms with E-state index < -0.39 is 0 Å². The van der Waals surface area contributed by atoms with Crippen molar-refractivity contribution in [2.24, 2.45) is 5.41 Å². The van der Waals surface area contributed by atoms with Crippen molar-refractivity contribution in [1.29, 1.82) is 0 Å². The molecule has 1 aliphatic heterocycles. The molecule has 1 saturated heterocycles. The van der Waals surface area contributed by atoms with Crippen molar-refractivity contribution in [1.82, 2.24) is 10.3 Å². The lowest BCUT2D eigenvalue weighted by molar-refractivity contribution is -0.141. The van der Waals surface area contributed by atoms with E-state index in [0.29, 0.717) is 18.8 Å². The van der Waals surface area contributed by atoms with Crippen LogP contribution in [0.2, 0.25) is 0 Å². The number of nitrogens with zero attached hydrogens (tertiary/aromatic N) is 1. The Morgan fingerprint density at radius 2 is 2.08 bits per heavy atom. The van der Waals surface area contributed by atoms with Crippen LogP contribution in [0.4, 0.5) is 10.6 Å². The second kappa shape index (κ2) is 5.78. The molecule has 1 saturated carbocycles. The number of rotatable bonds is 3. The highest BCUT2D eigenvalue weighted by Gasteiger charge is 2.52. The van der Waals surface area contributed by atoms with E-state index in [2.05, 4.69) is 15.6 Å². The standard InChI is InChI=1S/C18H19N3O3/c22-16-10-18(8-3-9-18)14(24-16)11-19-17(23)21-15-7-6-12-4-1-2-5-13(12)20-15/h1-2,4-7,14H,3,8-11H2,(H2,19,20,21,23). The molecule has 1 aromatic carbocycles. The van der Waals surface area contributed by atoms with Gasteiger partial charge in [0.1, 0.15) is 11.9 Å². The predicted octanol–water partition coefficient (Wildman–Crippen LogP) is 2.84. The maximum absolute atomic E-state index is 12.1. The maximum atomic E-state index is 12.1. The lowest BCUT2D eigenvalue weighted by Crippen LogP contribution is -2.45. The van der Waals surface area contributed by atoms with Gasteiger partial charge in [-0.15, -0.1) is 0 Å². The Bertz CT molecular complexity index is 801. The molecule has 0 radical (unpaired) electrons. The van der Waals surface area contributed by atoms with E-state index in [1.54, 1.807) is 6.07 Å². The maximum Gasteiger partial charge on any atom is 0.320 e. The normalized spacial score (nSPS) is 21.3. The van der Waals surface area contributed by atoms with Gasteiger partial charge in [0.15, 0.2) is 0 Å². The molecule has 24 heavy (non-hydrogen) atoms. The summed E-state index contributed by atoms with van der Waals surface area (Å²) >= 11 is 0. The number of ether oxygens (including phenoxy) is 1. The number of carbonyl (C=O) groups excluding carboxylic acids is 2. The van der Waals surface area contributed by atoms with Gasteiger partial charge in [0, 0.05) is 10.8 Å². The minimum atomic E-state index is -0.338. The summed E-state index contributed by atoms with van der Waals surface area (Å²) in [6.45, 7) is 0.338. The minimum Gasteiger partial charge on any atom is -0.460 e. The van der Waals surface area contributed by atoms with Gasteiger partial charge in [0.25, 0.3) is 0 Å². The molecule has 1 unspecified atom stereocenters. The molecule has 4 rings (SSSR count). The molecular weight excluding hydrogens is 306 g/mol. The second-order valence-electron chi connectivity index (χ2n) is 6.60. The van der Waals surface area contributed by atoms with Crippen LogP contribution >= 0.6 is 0 Å². The van der Waals surface area contributed by atoms with Crippen molar-refractivity contribution in [2.45, 2.75) is 31.8 Å². The number of nitrogens with one attached hydrogen (secondary N) is 2. The van der Waals surface area contributed by atoms with Gasteiger partial charge in [0.2, 0.25) is 0 Å². The van der Waals surface area contributed by atoms with E-state index >= 15 is 0 Å². The summed E-state index contributed by atoms with van der Waals surface area (Å²) in [6.07, 6.45) is 3.39. The average molecular weight is 325 g/mol. The van der Waals surface area contributed by atoms with Crippen molar-refractivity contribution >= 4 is 28.7 Å². The molecule has 2 amide bonds. The molecule has 1 aromatic heterocycles.